The fourth-order valence-electron chi connectivity index (χ4n) is 3.13. The Morgan fingerprint density at radius 2 is 2.11 bits per heavy atom. The fourth-order valence-corrected chi connectivity index (χ4v) is 5.16. The molecule has 0 saturated carbocycles. The number of hydrogen-bond donors (Lipinski definition) is 2. The number of terminal acetylenes is 1. The first-order valence-electron chi connectivity index (χ1n) is 10.2. The molecule has 1 heterocycles. The molecular formula is C23H20Cl2FN3O4S2. The largest absolute Gasteiger partial charge is 0.480 e. The molecule has 7 nitrogen and oxygen atoms in total. The zero-order valence-corrected chi connectivity index (χ0v) is 21.3. The van der Waals surface area contributed by atoms with Crippen molar-refractivity contribution in [2.45, 2.75) is 17.7 Å². The lowest BCUT2D eigenvalue weighted by Gasteiger charge is -2.18. The number of nitrogens with one attached hydrogen (secondary N) is 1. The average molecular weight is 556 g/mol. The van der Waals surface area contributed by atoms with Gasteiger partial charge in [0.25, 0.3) is 0 Å². The van der Waals surface area contributed by atoms with E-state index in [-0.39, 0.29) is 28.8 Å². The van der Waals surface area contributed by atoms with Gasteiger partial charge < -0.3 is 9.84 Å². The Bertz CT molecular complexity index is 1250. The molecule has 0 aliphatic heterocycles. The topological polar surface area (TPSA) is 91.8 Å². The van der Waals surface area contributed by atoms with Crippen LogP contribution in [0.15, 0.2) is 46.8 Å². The van der Waals surface area contributed by atoms with Crippen molar-refractivity contribution < 1.29 is 23.2 Å². The number of thiazole rings is 1. The van der Waals surface area contributed by atoms with Crippen LogP contribution in [-0.2, 0) is 22.2 Å². The van der Waals surface area contributed by atoms with Gasteiger partial charge in [0.15, 0.2) is 16.1 Å². The third kappa shape index (κ3) is 7.92. The number of hydrogen-bond acceptors (Lipinski definition) is 6. The van der Waals surface area contributed by atoms with Crippen molar-refractivity contribution in [2.24, 2.45) is 0 Å². The first kappa shape index (κ1) is 26.9. The Morgan fingerprint density at radius 3 is 2.80 bits per heavy atom. The second-order valence-corrected chi connectivity index (χ2v) is 10.1. The minimum Gasteiger partial charge on any atom is -0.480 e. The Morgan fingerprint density at radius 1 is 1.31 bits per heavy atom. The van der Waals surface area contributed by atoms with Crippen LogP contribution >= 0.6 is 34.5 Å². The lowest BCUT2D eigenvalue weighted by atomic mass is 10.1. The third-order valence-corrected chi connectivity index (χ3v) is 7.07. The molecule has 0 bridgehead atoms. The molecule has 0 spiro atoms. The lowest BCUT2D eigenvalue weighted by Crippen LogP contribution is -2.31. The van der Waals surface area contributed by atoms with Gasteiger partial charge in [-0.2, -0.15) is 0 Å². The lowest BCUT2D eigenvalue weighted by molar-refractivity contribution is -0.138. The minimum atomic E-state index is -1.91. The number of halogens is 3. The van der Waals surface area contributed by atoms with Gasteiger partial charge >= 0.3 is 5.97 Å². The molecule has 0 aliphatic rings. The Kier molecular flexibility index (Phi) is 9.89. The monoisotopic (exact) mass is 555 g/mol. The van der Waals surface area contributed by atoms with Crippen LogP contribution in [0.3, 0.4) is 0 Å². The first-order valence-corrected chi connectivity index (χ1v) is 13.0. The van der Waals surface area contributed by atoms with Crippen molar-refractivity contribution in [1.82, 2.24) is 9.88 Å². The van der Waals surface area contributed by atoms with Crippen LogP contribution < -0.4 is 9.46 Å². The number of anilines is 1. The van der Waals surface area contributed by atoms with Crippen molar-refractivity contribution >= 4 is 56.6 Å². The van der Waals surface area contributed by atoms with E-state index in [1.807, 2.05) is 0 Å². The zero-order chi connectivity index (χ0) is 25.4. The highest BCUT2D eigenvalue weighted by Crippen LogP contribution is 2.35. The number of benzene rings is 2. The number of carboxylic acids is 1. The fraction of sp³-hybridized carbons (Fsp3) is 0.217. The summed E-state index contributed by atoms with van der Waals surface area (Å²) in [5, 5.41) is 11.7. The van der Waals surface area contributed by atoms with E-state index in [0.29, 0.717) is 35.3 Å². The molecule has 184 valence electrons. The van der Waals surface area contributed by atoms with Crippen LogP contribution in [0.1, 0.15) is 12.0 Å². The normalized spacial score (nSPS) is 11.7. The maximum Gasteiger partial charge on any atom is 0.317 e. The summed E-state index contributed by atoms with van der Waals surface area (Å²) in [7, 11) is -1.91. The quantitative estimate of drug-likeness (QED) is 0.288. The summed E-state index contributed by atoms with van der Waals surface area (Å²) in [6.45, 7) is 0.499. The SMILES string of the molecule is C#CCN(CCCc1cc(Cl)ccc1Oc1cc(F)c(S(=O)Nc2nccs2)cc1Cl)CC(=O)O. The average Bonchev–Trinajstić information content (AvgIpc) is 3.30. The second-order valence-electron chi connectivity index (χ2n) is 7.19. The van der Waals surface area contributed by atoms with Crippen molar-refractivity contribution in [1.29, 1.82) is 0 Å². The Balaban J connectivity index is 1.74. The standard InChI is InChI=1S/C23H20Cl2FN3O4S2/c1-2-8-29(14-22(30)31)9-3-4-15-11-16(24)5-6-19(15)33-20-13-18(26)21(12-17(20)25)35(32)28-23-27-7-10-34-23/h1,5-7,10-13H,3-4,8-9,14H2,(H,27,28)(H,30,31). The highest BCUT2D eigenvalue weighted by Gasteiger charge is 2.18. The third-order valence-electron chi connectivity index (χ3n) is 4.64. The molecule has 0 aliphatic carbocycles. The van der Waals surface area contributed by atoms with E-state index in [1.165, 1.54) is 23.6 Å². The highest BCUT2D eigenvalue weighted by molar-refractivity contribution is 7.86. The number of ether oxygens (including phenoxy) is 1. The molecule has 1 unspecified atom stereocenters. The number of aryl methyl sites for hydroxylation is 1. The van der Waals surface area contributed by atoms with Gasteiger partial charge in [-0.05, 0) is 42.7 Å². The van der Waals surface area contributed by atoms with Gasteiger partial charge in [0.1, 0.15) is 17.3 Å². The van der Waals surface area contributed by atoms with Crippen molar-refractivity contribution in [3.63, 3.8) is 0 Å². The smallest absolute Gasteiger partial charge is 0.317 e. The van der Waals surface area contributed by atoms with Crippen molar-refractivity contribution in [3.05, 3.63) is 63.3 Å². The van der Waals surface area contributed by atoms with Crippen LogP contribution in [-0.4, -0.2) is 44.8 Å². The van der Waals surface area contributed by atoms with Gasteiger partial charge in [0.05, 0.1) is 23.0 Å². The molecule has 3 aromatic rings. The summed E-state index contributed by atoms with van der Waals surface area (Å²) in [6.07, 6.45) is 7.92. The zero-order valence-electron chi connectivity index (χ0n) is 18.2. The predicted octanol–water partition coefficient (Wildman–Crippen LogP) is 5.47. The molecular weight excluding hydrogens is 536 g/mol. The summed E-state index contributed by atoms with van der Waals surface area (Å²) in [4.78, 5) is 16.5. The maximum atomic E-state index is 14.8. The van der Waals surface area contributed by atoms with E-state index in [4.69, 9.17) is 39.5 Å². The van der Waals surface area contributed by atoms with Crippen molar-refractivity contribution in [3.8, 4) is 23.8 Å². The number of carbonyl (C=O) groups is 1. The maximum absolute atomic E-state index is 14.8. The number of aliphatic carboxylic acids is 1. The summed E-state index contributed by atoms with van der Waals surface area (Å²) in [5.74, 6) is 1.18. The molecule has 1 atom stereocenters. The molecule has 2 aromatic carbocycles. The number of carboxylic acid groups (broad SMARTS) is 1. The number of rotatable bonds is 12. The molecule has 2 N–H and O–H groups in total. The van der Waals surface area contributed by atoms with E-state index in [1.54, 1.807) is 28.5 Å². The first-order chi connectivity index (χ1) is 16.8. The van der Waals surface area contributed by atoms with E-state index in [9.17, 15) is 13.4 Å². The van der Waals surface area contributed by atoms with Gasteiger partial charge in [-0.1, -0.05) is 29.1 Å². The summed E-state index contributed by atoms with van der Waals surface area (Å²) < 4.78 is 35.8. The van der Waals surface area contributed by atoms with Gasteiger partial charge in [-0.3, -0.25) is 14.4 Å². The molecule has 0 saturated heterocycles. The van der Waals surface area contributed by atoms with Gasteiger partial charge in [0, 0.05) is 29.2 Å². The van der Waals surface area contributed by atoms with Gasteiger partial charge in [-0.15, -0.1) is 17.8 Å². The van der Waals surface area contributed by atoms with E-state index in [0.717, 1.165) is 11.6 Å². The minimum absolute atomic E-state index is 0.0440. The molecule has 12 heteroatoms. The molecule has 3 rings (SSSR count). The second kappa shape index (κ2) is 12.9. The summed E-state index contributed by atoms with van der Waals surface area (Å²) in [6, 6.07) is 7.28. The van der Waals surface area contributed by atoms with E-state index >= 15 is 0 Å². The molecule has 0 radical (unpaired) electrons. The number of nitrogens with zero attached hydrogens (tertiary/aromatic N) is 2. The van der Waals surface area contributed by atoms with Crippen LogP contribution in [0, 0.1) is 18.2 Å². The predicted molar refractivity (Wildman–Crippen MR) is 136 cm³/mol. The molecule has 35 heavy (non-hydrogen) atoms. The van der Waals surface area contributed by atoms with Crippen LogP contribution in [0.5, 0.6) is 11.5 Å². The van der Waals surface area contributed by atoms with Gasteiger partial charge in [0.2, 0.25) is 0 Å². The van der Waals surface area contributed by atoms with Crippen molar-refractivity contribution in [2.75, 3.05) is 24.4 Å². The van der Waals surface area contributed by atoms with Gasteiger partial charge in [-0.25, -0.2) is 13.6 Å². The van der Waals surface area contributed by atoms with Crippen LogP contribution in [0.2, 0.25) is 10.0 Å². The van der Waals surface area contributed by atoms with Crippen LogP contribution in [0.25, 0.3) is 0 Å². The Hall–Kier alpha value is -2.68. The van der Waals surface area contributed by atoms with E-state index in [2.05, 4.69) is 15.6 Å². The Labute approximate surface area is 218 Å². The molecule has 0 fully saturated rings. The molecule has 0 amide bonds. The highest BCUT2D eigenvalue weighted by atomic mass is 35.5. The number of aromatic nitrogens is 1. The van der Waals surface area contributed by atoms with E-state index < -0.39 is 22.8 Å². The summed E-state index contributed by atoms with van der Waals surface area (Å²) >= 11 is 13.7. The molecule has 1 aromatic heterocycles. The summed E-state index contributed by atoms with van der Waals surface area (Å²) in [5.41, 5.74) is 0.725. The van der Waals surface area contributed by atoms with Crippen LogP contribution in [0.4, 0.5) is 9.52 Å².